The Balaban J connectivity index is 1.71. The van der Waals surface area contributed by atoms with Gasteiger partial charge in [0, 0.05) is 22.9 Å². The van der Waals surface area contributed by atoms with Crippen LogP contribution in [0.25, 0.3) is 0 Å². The monoisotopic (exact) mass is 309 g/mol. The molecule has 1 nitrogen and oxygen atoms in total. The van der Waals surface area contributed by atoms with Crippen LogP contribution in [0.2, 0.25) is 5.02 Å². The summed E-state index contributed by atoms with van der Waals surface area (Å²) < 4.78 is 1.47. The Bertz CT molecular complexity index is 567. The predicted molar refractivity (Wildman–Crippen MR) is 85.3 cm³/mol. The molecule has 0 bridgehead atoms. The van der Waals surface area contributed by atoms with E-state index in [-0.39, 0.29) is 0 Å². The van der Waals surface area contributed by atoms with E-state index in [0.717, 1.165) is 11.6 Å². The van der Waals surface area contributed by atoms with Crippen molar-refractivity contribution in [3.63, 3.8) is 0 Å². The second kappa shape index (κ2) is 5.88. The van der Waals surface area contributed by atoms with Crippen molar-refractivity contribution in [3.05, 3.63) is 51.9 Å². The molecule has 0 spiro atoms. The van der Waals surface area contributed by atoms with E-state index < -0.39 is 0 Å². The Labute approximate surface area is 127 Å². The van der Waals surface area contributed by atoms with Crippen molar-refractivity contribution in [2.45, 2.75) is 35.4 Å². The number of benzene rings is 1. The van der Waals surface area contributed by atoms with E-state index in [1.165, 1.54) is 21.8 Å². The summed E-state index contributed by atoms with van der Waals surface area (Å²) in [4.78, 5) is 0. The van der Waals surface area contributed by atoms with Gasteiger partial charge in [-0.2, -0.15) is 0 Å². The lowest BCUT2D eigenvalue weighted by molar-refractivity contribution is 0.488. The Hall–Kier alpha value is -0.480. The van der Waals surface area contributed by atoms with E-state index in [2.05, 4.69) is 29.8 Å². The number of thiophene rings is 1. The Kier molecular flexibility index (Phi) is 4.18. The molecule has 1 aliphatic rings. The lowest BCUT2D eigenvalue weighted by Gasteiger charge is -2.27. The van der Waals surface area contributed by atoms with E-state index in [4.69, 9.17) is 11.6 Å². The summed E-state index contributed by atoms with van der Waals surface area (Å²) in [6.45, 7) is 3.18. The standard InChI is InChI=1S/C15H16ClNS2/c1-10-7-14(13-5-6-18-15(13)19-10)17-9-11-3-2-4-12(16)8-11/h2-6,8,10,14,17H,7,9H2,1H3/t10-,14?/m0/s1. The second-order valence-electron chi connectivity index (χ2n) is 4.89. The number of hydrogen-bond acceptors (Lipinski definition) is 3. The highest BCUT2D eigenvalue weighted by Gasteiger charge is 2.25. The van der Waals surface area contributed by atoms with Crippen LogP contribution < -0.4 is 5.32 Å². The first-order chi connectivity index (χ1) is 9.22. The molecule has 2 heterocycles. The van der Waals surface area contributed by atoms with Gasteiger partial charge in [-0.1, -0.05) is 30.7 Å². The highest BCUT2D eigenvalue weighted by Crippen LogP contribution is 2.43. The van der Waals surface area contributed by atoms with Crippen LogP contribution in [0.3, 0.4) is 0 Å². The van der Waals surface area contributed by atoms with E-state index in [9.17, 15) is 0 Å². The molecule has 2 atom stereocenters. The molecule has 0 saturated carbocycles. The molecule has 0 aliphatic carbocycles. The maximum Gasteiger partial charge on any atom is 0.0649 e. The molecule has 1 aromatic carbocycles. The summed E-state index contributed by atoms with van der Waals surface area (Å²) in [7, 11) is 0. The molecule has 3 rings (SSSR count). The van der Waals surface area contributed by atoms with Gasteiger partial charge in [0.15, 0.2) is 0 Å². The Morgan fingerprint density at radius 2 is 2.26 bits per heavy atom. The van der Waals surface area contributed by atoms with Crippen molar-refractivity contribution in [3.8, 4) is 0 Å². The number of rotatable bonds is 3. The molecule has 1 N–H and O–H groups in total. The lowest BCUT2D eigenvalue weighted by Crippen LogP contribution is -2.26. The van der Waals surface area contributed by atoms with Crippen molar-refractivity contribution in [2.75, 3.05) is 0 Å². The van der Waals surface area contributed by atoms with Crippen LogP contribution in [0.4, 0.5) is 0 Å². The smallest absolute Gasteiger partial charge is 0.0649 e. The van der Waals surface area contributed by atoms with Crippen molar-refractivity contribution in [2.24, 2.45) is 0 Å². The first-order valence-electron chi connectivity index (χ1n) is 6.44. The maximum absolute atomic E-state index is 6.02. The minimum atomic E-state index is 0.469. The average Bonchev–Trinajstić information content (AvgIpc) is 2.84. The zero-order chi connectivity index (χ0) is 13.2. The summed E-state index contributed by atoms with van der Waals surface area (Å²) in [5.74, 6) is 0. The fourth-order valence-electron chi connectivity index (χ4n) is 2.43. The minimum Gasteiger partial charge on any atom is -0.306 e. The predicted octanol–water partition coefficient (Wildman–Crippen LogP) is 5.12. The largest absolute Gasteiger partial charge is 0.306 e. The summed E-state index contributed by atoms with van der Waals surface area (Å²) in [6, 6.07) is 10.8. The molecular formula is C15H16ClNS2. The third-order valence-corrected chi connectivity index (χ3v) is 5.93. The van der Waals surface area contributed by atoms with E-state index in [0.29, 0.717) is 11.3 Å². The number of nitrogens with one attached hydrogen (secondary N) is 1. The third-order valence-electron chi connectivity index (χ3n) is 3.35. The van der Waals surface area contributed by atoms with Crippen LogP contribution in [-0.4, -0.2) is 5.25 Å². The quantitative estimate of drug-likeness (QED) is 0.845. The van der Waals surface area contributed by atoms with Crippen LogP contribution in [-0.2, 0) is 6.54 Å². The molecule has 0 radical (unpaired) electrons. The van der Waals surface area contributed by atoms with Gasteiger partial charge in [-0.3, -0.25) is 0 Å². The molecular weight excluding hydrogens is 294 g/mol. The van der Waals surface area contributed by atoms with Crippen LogP contribution in [0.15, 0.2) is 39.9 Å². The van der Waals surface area contributed by atoms with Gasteiger partial charge in [-0.05, 0) is 41.1 Å². The molecule has 1 aromatic heterocycles. The molecule has 100 valence electrons. The fourth-order valence-corrected chi connectivity index (χ4v) is 5.21. The van der Waals surface area contributed by atoms with Crippen LogP contribution in [0, 0.1) is 0 Å². The number of fused-ring (bicyclic) bond motifs is 1. The molecule has 1 aliphatic heterocycles. The molecule has 0 amide bonds. The minimum absolute atomic E-state index is 0.469. The average molecular weight is 310 g/mol. The number of thioether (sulfide) groups is 1. The topological polar surface area (TPSA) is 12.0 Å². The summed E-state index contributed by atoms with van der Waals surface area (Å²) in [5, 5.41) is 7.36. The van der Waals surface area contributed by atoms with Gasteiger partial charge in [-0.15, -0.1) is 23.1 Å². The molecule has 0 fully saturated rings. The molecule has 4 heteroatoms. The fraction of sp³-hybridized carbons (Fsp3) is 0.333. The Morgan fingerprint density at radius 1 is 1.37 bits per heavy atom. The summed E-state index contributed by atoms with van der Waals surface area (Å²) in [6.07, 6.45) is 1.19. The summed E-state index contributed by atoms with van der Waals surface area (Å²) >= 11 is 9.89. The van der Waals surface area contributed by atoms with E-state index in [1.807, 2.05) is 41.3 Å². The first-order valence-corrected chi connectivity index (χ1v) is 8.58. The van der Waals surface area contributed by atoms with Crippen molar-refractivity contribution < 1.29 is 0 Å². The van der Waals surface area contributed by atoms with Gasteiger partial charge < -0.3 is 5.32 Å². The zero-order valence-corrected chi connectivity index (χ0v) is 13.1. The third kappa shape index (κ3) is 3.16. The second-order valence-corrected chi connectivity index (χ2v) is 7.95. The van der Waals surface area contributed by atoms with Crippen LogP contribution in [0.1, 0.15) is 30.5 Å². The Morgan fingerprint density at radius 3 is 3.11 bits per heavy atom. The molecule has 1 unspecified atom stereocenters. The van der Waals surface area contributed by atoms with Gasteiger partial charge in [0.05, 0.1) is 4.21 Å². The maximum atomic E-state index is 6.02. The van der Waals surface area contributed by atoms with Crippen molar-refractivity contribution in [1.29, 1.82) is 0 Å². The number of halogens is 1. The van der Waals surface area contributed by atoms with Crippen molar-refractivity contribution in [1.82, 2.24) is 5.32 Å². The molecule has 2 aromatic rings. The van der Waals surface area contributed by atoms with Gasteiger partial charge in [0.1, 0.15) is 0 Å². The zero-order valence-electron chi connectivity index (χ0n) is 10.7. The van der Waals surface area contributed by atoms with Crippen LogP contribution >= 0.6 is 34.7 Å². The van der Waals surface area contributed by atoms with E-state index in [1.54, 1.807) is 0 Å². The molecule has 0 saturated heterocycles. The highest BCUT2D eigenvalue weighted by atomic mass is 35.5. The van der Waals surface area contributed by atoms with Gasteiger partial charge in [-0.25, -0.2) is 0 Å². The SMILES string of the molecule is C[C@H]1CC(NCc2cccc(Cl)c2)c2ccsc2S1. The summed E-state index contributed by atoms with van der Waals surface area (Å²) in [5.41, 5.74) is 2.71. The van der Waals surface area contributed by atoms with Gasteiger partial charge in [0.2, 0.25) is 0 Å². The lowest BCUT2D eigenvalue weighted by atomic mass is 10.0. The first kappa shape index (κ1) is 13.5. The highest BCUT2D eigenvalue weighted by molar-refractivity contribution is 8.01. The molecule has 19 heavy (non-hydrogen) atoms. The van der Waals surface area contributed by atoms with Gasteiger partial charge in [0.25, 0.3) is 0 Å². The van der Waals surface area contributed by atoms with E-state index >= 15 is 0 Å². The van der Waals surface area contributed by atoms with Crippen molar-refractivity contribution >= 4 is 34.7 Å². The number of hydrogen-bond donors (Lipinski definition) is 1. The van der Waals surface area contributed by atoms with Crippen LogP contribution in [0.5, 0.6) is 0 Å². The normalized spacial score (nSPS) is 22.2. The van der Waals surface area contributed by atoms with Gasteiger partial charge >= 0.3 is 0 Å².